The first-order valence-corrected chi connectivity index (χ1v) is 19.1. The maximum atomic E-state index is 14.2. The van der Waals surface area contributed by atoms with Gasteiger partial charge in [0.15, 0.2) is 0 Å². The molecule has 2 saturated carbocycles. The van der Waals surface area contributed by atoms with Crippen molar-refractivity contribution < 1.29 is 41.9 Å². The van der Waals surface area contributed by atoms with Gasteiger partial charge in [0.1, 0.15) is 23.7 Å². The fourth-order valence-electron chi connectivity index (χ4n) is 7.03. The number of sulfonamides is 1. The fraction of sp³-hybridized carbons (Fsp3) is 0.583. The summed E-state index contributed by atoms with van der Waals surface area (Å²) in [6.07, 6.45) is 4.74. The van der Waals surface area contributed by atoms with Crippen LogP contribution in [0.25, 0.3) is 6.08 Å². The molecule has 0 unspecified atom stereocenters. The number of rotatable bonds is 7. The van der Waals surface area contributed by atoms with Gasteiger partial charge in [-0.3, -0.25) is 24.0 Å². The van der Waals surface area contributed by atoms with Crippen LogP contribution in [0.3, 0.4) is 0 Å². The van der Waals surface area contributed by atoms with Gasteiger partial charge in [0, 0.05) is 24.3 Å². The van der Waals surface area contributed by atoms with E-state index in [0.29, 0.717) is 32.4 Å². The maximum Gasteiger partial charge on any atom is 0.410 e. The van der Waals surface area contributed by atoms with E-state index in [-0.39, 0.29) is 26.0 Å². The zero-order valence-corrected chi connectivity index (χ0v) is 30.3. The second-order valence-electron chi connectivity index (χ2n) is 15.5. The van der Waals surface area contributed by atoms with Crippen LogP contribution in [0.5, 0.6) is 0 Å². The molecular formula is C36H47N5O9S. The lowest BCUT2D eigenvalue weighted by Gasteiger charge is -2.31. The van der Waals surface area contributed by atoms with Gasteiger partial charge >= 0.3 is 12.2 Å². The molecule has 0 spiro atoms. The summed E-state index contributed by atoms with van der Waals surface area (Å²) >= 11 is 0. The summed E-state index contributed by atoms with van der Waals surface area (Å²) in [7, 11) is -3.91. The van der Waals surface area contributed by atoms with E-state index < -0.39 is 86.2 Å². The van der Waals surface area contributed by atoms with Crippen LogP contribution in [-0.2, 0) is 47.0 Å². The molecule has 4 bridgehead atoms. The van der Waals surface area contributed by atoms with Gasteiger partial charge in [-0.05, 0) is 48.3 Å². The Morgan fingerprint density at radius 2 is 1.88 bits per heavy atom. The zero-order chi connectivity index (χ0) is 36.9. The first kappa shape index (κ1) is 36.4. The first-order valence-electron chi connectivity index (χ1n) is 17.5. The van der Waals surface area contributed by atoms with E-state index in [4.69, 9.17) is 9.47 Å². The number of allylic oxidation sites excluding steroid dienone is 1. The number of hydrogen-bond acceptors (Lipinski definition) is 9. The van der Waals surface area contributed by atoms with Crippen molar-refractivity contribution in [2.75, 3.05) is 13.2 Å². The van der Waals surface area contributed by atoms with Gasteiger partial charge in [-0.15, -0.1) is 6.58 Å². The standard InChI is InChI=1S/C36H47N5O9S/c1-6-24-16-36(24,32(44)39-51(47,48)26-12-13-26)38-30(42)28-15-25-18-41(28)31(43)29(21(2)3)37-33(45)49-20-35(4,5)14-8-11-22-9-7-10-23-17-40(19-27(22)23)34(46)50-25/h6-11,21,24-26,28-29H,1,12-20H2,2-5H3,(H,37,45)(H,38,42)(H,39,44)/b11-8+/t24-,25+,28-,29-,36+/m0/s1. The molecule has 3 fully saturated rings. The van der Waals surface area contributed by atoms with Crippen LogP contribution in [0.2, 0.25) is 0 Å². The second-order valence-corrected chi connectivity index (χ2v) is 17.4. The van der Waals surface area contributed by atoms with Crippen LogP contribution in [0.1, 0.15) is 76.5 Å². The van der Waals surface area contributed by atoms with Crippen LogP contribution in [-0.4, -0.2) is 90.3 Å². The van der Waals surface area contributed by atoms with Crippen molar-refractivity contribution in [3.63, 3.8) is 0 Å². The molecule has 1 aromatic rings. The molecule has 0 radical (unpaired) electrons. The SMILES string of the molecule is C=C[C@H]1C[C@]1(NC(=O)[C@@H]1C[C@@H]2CN1C(=O)[C@H](C(C)C)NC(=O)OCC(C)(C)C/C=C/c1cccc3c1CN(C3)C(=O)O2)C(=O)NS(=O)(=O)C1CC1. The smallest absolute Gasteiger partial charge is 0.410 e. The monoisotopic (exact) mass is 725 g/mol. The van der Waals surface area contributed by atoms with Crippen molar-refractivity contribution in [3.8, 4) is 0 Å². The van der Waals surface area contributed by atoms with E-state index in [2.05, 4.69) is 21.9 Å². The minimum absolute atomic E-state index is 0.0765. The highest BCUT2D eigenvalue weighted by Gasteiger charge is 2.62. The Kier molecular flexibility index (Phi) is 9.72. The van der Waals surface area contributed by atoms with E-state index in [1.54, 1.807) is 18.7 Å². The number of alkyl carbamates (subject to hydrolysis) is 1. The lowest BCUT2D eigenvalue weighted by Crippen LogP contribution is -2.59. The lowest BCUT2D eigenvalue weighted by atomic mass is 9.90. The van der Waals surface area contributed by atoms with Crippen molar-refractivity contribution >= 4 is 46.0 Å². The van der Waals surface area contributed by atoms with Crippen molar-refractivity contribution in [1.29, 1.82) is 0 Å². The molecular weight excluding hydrogens is 678 g/mol. The van der Waals surface area contributed by atoms with Crippen molar-refractivity contribution in [2.24, 2.45) is 17.3 Å². The third-order valence-corrected chi connectivity index (χ3v) is 12.2. The molecule has 5 amide bonds. The number of cyclic esters (lactones) is 1. The van der Waals surface area contributed by atoms with Gasteiger partial charge < -0.3 is 25.0 Å². The normalized spacial score (nSPS) is 29.9. The molecule has 5 aliphatic rings. The Bertz CT molecular complexity index is 1770. The summed E-state index contributed by atoms with van der Waals surface area (Å²) in [5, 5.41) is 4.75. The van der Waals surface area contributed by atoms with E-state index in [1.807, 2.05) is 44.2 Å². The average molecular weight is 726 g/mol. The van der Waals surface area contributed by atoms with Crippen molar-refractivity contribution in [3.05, 3.63) is 53.6 Å². The minimum atomic E-state index is -3.91. The zero-order valence-electron chi connectivity index (χ0n) is 29.5. The average Bonchev–Trinajstić information content (AvgIpc) is 3.96. The van der Waals surface area contributed by atoms with Gasteiger partial charge in [0.25, 0.3) is 5.91 Å². The highest BCUT2D eigenvalue weighted by Crippen LogP contribution is 2.45. The lowest BCUT2D eigenvalue weighted by molar-refractivity contribution is -0.141. The number of carbonyl (C=O) groups is 5. The van der Waals surface area contributed by atoms with Crippen LogP contribution in [0.4, 0.5) is 9.59 Å². The molecule has 2 aliphatic carbocycles. The summed E-state index contributed by atoms with van der Waals surface area (Å²) in [4.78, 5) is 71.2. The number of carbonyl (C=O) groups excluding carboxylic acids is 5. The molecule has 3 N–H and O–H groups in total. The van der Waals surface area contributed by atoms with E-state index in [9.17, 15) is 32.4 Å². The largest absolute Gasteiger partial charge is 0.449 e. The summed E-state index contributed by atoms with van der Waals surface area (Å²) < 4.78 is 38.9. The van der Waals surface area contributed by atoms with E-state index in [0.717, 1.165) is 16.7 Å². The van der Waals surface area contributed by atoms with Gasteiger partial charge in [0.2, 0.25) is 21.8 Å². The number of fused-ring (bicyclic) bond motifs is 3. The quantitative estimate of drug-likeness (QED) is 0.356. The number of ether oxygens (including phenoxy) is 2. The number of benzene rings is 1. The molecule has 1 saturated heterocycles. The van der Waals surface area contributed by atoms with E-state index in [1.165, 1.54) is 11.0 Å². The molecule has 1 aromatic carbocycles. The molecule has 6 rings (SSSR count). The summed E-state index contributed by atoms with van der Waals surface area (Å²) in [6, 6.07) is 3.56. The number of hydrogen-bond donors (Lipinski definition) is 3. The summed E-state index contributed by atoms with van der Waals surface area (Å²) in [5.74, 6) is -3.14. The molecule has 3 heterocycles. The van der Waals surface area contributed by atoms with Crippen molar-refractivity contribution in [2.45, 2.75) is 102 Å². The summed E-state index contributed by atoms with van der Waals surface area (Å²) in [5.41, 5.74) is 0.932. The van der Waals surface area contributed by atoms with Crippen LogP contribution in [0, 0.1) is 17.3 Å². The minimum Gasteiger partial charge on any atom is -0.449 e. The number of nitrogens with zero attached hydrogens (tertiary/aromatic N) is 2. The Hall–Kier alpha value is -4.40. The molecule has 5 atom stereocenters. The van der Waals surface area contributed by atoms with Crippen LogP contribution < -0.4 is 15.4 Å². The third kappa shape index (κ3) is 7.63. The topological polar surface area (TPSA) is 181 Å². The predicted octanol–water partition coefficient (Wildman–Crippen LogP) is 2.97. The van der Waals surface area contributed by atoms with Gasteiger partial charge in [-0.25, -0.2) is 18.0 Å². The highest BCUT2D eigenvalue weighted by molar-refractivity contribution is 7.91. The van der Waals surface area contributed by atoms with Crippen LogP contribution in [0.15, 0.2) is 36.9 Å². The fourth-order valence-corrected chi connectivity index (χ4v) is 8.39. The van der Waals surface area contributed by atoms with Gasteiger partial charge in [0.05, 0.1) is 24.9 Å². The Balaban J connectivity index is 1.28. The highest BCUT2D eigenvalue weighted by atomic mass is 32.2. The predicted molar refractivity (Wildman–Crippen MR) is 186 cm³/mol. The molecule has 15 heteroatoms. The number of amides is 5. The number of nitrogens with one attached hydrogen (secondary N) is 3. The summed E-state index contributed by atoms with van der Waals surface area (Å²) in [6.45, 7) is 11.7. The second kappa shape index (κ2) is 13.6. The Morgan fingerprint density at radius 1 is 1.14 bits per heavy atom. The molecule has 276 valence electrons. The first-order chi connectivity index (χ1) is 24.0. The van der Waals surface area contributed by atoms with Crippen molar-refractivity contribution in [1.82, 2.24) is 25.2 Å². The van der Waals surface area contributed by atoms with Crippen LogP contribution >= 0.6 is 0 Å². The maximum absolute atomic E-state index is 14.2. The van der Waals surface area contributed by atoms with Gasteiger partial charge in [-0.1, -0.05) is 64.1 Å². The molecule has 51 heavy (non-hydrogen) atoms. The molecule has 3 aliphatic heterocycles. The Labute approximate surface area is 298 Å². The van der Waals surface area contributed by atoms with E-state index >= 15 is 0 Å². The van der Waals surface area contributed by atoms with Gasteiger partial charge in [-0.2, -0.15) is 0 Å². The molecule has 14 nitrogen and oxygen atoms in total. The Morgan fingerprint density at radius 3 is 2.55 bits per heavy atom. The third-order valence-electron chi connectivity index (χ3n) is 10.4. The molecule has 0 aromatic heterocycles.